The molecule has 0 saturated carbocycles. The summed E-state index contributed by atoms with van der Waals surface area (Å²) in [5.41, 5.74) is 3.07. The third kappa shape index (κ3) is 4.33. The second kappa shape index (κ2) is 7.77. The van der Waals surface area contributed by atoms with Gasteiger partial charge in [0.25, 0.3) is 5.91 Å². The van der Waals surface area contributed by atoms with Gasteiger partial charge >= 0.3 is 0 Å². The van der Waals surface area contributed by atoms with E-state index in [1.54, 1.807) is 0 Å². The first kappa shape index (κ1) is 16.9. The minimum Gasteiger partial charge on any atom is -0.347 e. The van der Waals surface area contributed by atoms with Gasteiger partial charge in [0.2, 0.25) is 0 Å². The van der Waals surface area contributed by atoms with Crippen LogP contribution < -0.4 is 10.6 Å². The summed E-state index contributed by atoms with van der Waals surface area (Å²) in [6.07, 6.45) is 2.97. The number of nitrogens with one attached hydrogen (secondary N) is 2. The zero-order valence-electron chi connectivity index (χ0n) is 13.7. The first-order valence-corrected chi connectivity index (χ1v) is 8.17. The molecule has 6 heteroatoms. The van der Waals surface area contributed by atoms with Crippen LogP contribution in [0.5, 0.6) is 0 Å². The number of carbonyl (C=O) groups excluding carboxylic acids is 1. The van der Waals surface area contributed by atoms with Gasteiger partial charge in [0.15, 0.2) is 0 Å². The van der Waals surface area contributed by atoms with Crippen LogP contribution in [0.2, 0.25) is 5.02 Å². The number of anilines is 2. The van der Waals surface area contributed by atoms with Crippen LogP contribution in [-0.2, 0) is 6.54 Å². The Bertz CT molecular complexity index is 866. The lowest BCUT2D eigenvalue weighted by molar-refractivity contribution is 0.0945. The standard InChI is InChI=1S/C19H17ClN4O/c1-13-15(20)8-5-9-16(13)24-18-12-21-17(11-22-18)19(25)23-10-14-6-3-2-4-7-14/h2-9,11-12H,10H2,1H3,(H,22,24)(H,23,25). The van der Waals surface area contributed by atoms with Gasteiger partial charge in [-0.2, -0.15) is 0 Å². The number of nitrogens with zero attached hydrogens (tertiary/aromatic N) is 2. The Balaban J connectivity index is 1.63. The lowest BCUT2D eigenvalue weighted by atomic mass is 10.2. The van der Waals surface area contributed by atoms with Crippen molar-refractivity contribution >= 4 is 29.0 Å². The summed E-state index contributed by atoms with van der Waals surface area (Å²) in [4.78, 5) is 20.5. The molecule has 0 spiro atoms. The molecule has 0 radical (unpaired) electrons. The van der Waals surface area contributed by atoms with Crippen LogP contribution in [0.1, 0.15) is 21.6 Å². The van der Waals surface area contributed by atoms with Crippen LogP contribution >= 0.6 is 11.6 Å². The third-order valence-corrected chi connectivity index (χ3v) is 4.12. The average Bonchev–Trinajstić information content (AvgIpc) is 2.65. The summed E-state index contributed by atoms with van der Waals surface area (Å²) < 4.78 is 0. The maximum Gasteiger partial charge on any atom is 0.271 e. The van der Waals surface area contributed by atoms with E-state index < -0.39 is 0 Å². The van der Waals surface area contributed by atoms with E-state index in [1.165, 1.54) is 12.4 Å². The molecule has 0 fully saturated rings. The Morgan fingerprint density at radius 3 is 2.56 bits per heavy atom. The zero-order chi connectivity index (χ0) is 17.6. The SMILES string of the molecule is Cc1c(Cl)cccc1Nc1cnc(C(=O)NCc2ccccc2)cn1. The van der Waals surface area contributed by atoms with Gasteiger partial charge in [-0.3, -0.25) is 4.79 Å². The first-order chi connectivity index (χ1) is 12.1. The van der Waals surface area contributed by atoms with Crippen LogP contribution in [-0.4, -0.2) is 15.9 Å². The molecule has 3 aromatic rings. The Morgan fingerprint density at radius 2 is 1.84 bits per heavy atom. The van der Waals surface area contributed by atoms with E-state index in [1.807, 2.05) is 55.5 Å². The molecule has 0 saturated heterocycles. The van der Waals surface area contributed by atoms with Gasteiger partial charge in [-0.05, 0) is 30.2 Å². The molecule has 1 heterocycles. The highest BCUT2D eigenvalue weighted by Crippen LogP contribution is 2.25. The summed E-state index contributed by atoms with van der Waals surface area (Å²) in [7, 11) is 0. The summed E-state index contributed by atoms with van der Waals surface area (Å²) in [6.45, 7) is 2.37. The molecule has 2 N–H and O–H groups in total. The molecule has 25 heavy (non-hydrogen) atoms. The van der Waals surface area contributed by atoms with E-state index in [2.05, 4.69) is 20.6 Å². The molecule has 0 aliphatic carbocycles. The van der Waals surface area contributed by atoms with Crippen molar-refractivity contribution in [1.29, 1.82) is 0 Å². The minimum absolute atomic E-state index is 0.262. The second-order valence-corrected chi connectivity index (χ2v) is 5.90. The van der Waals surface area contributed by atoms with Crippen molar-refractivity contribution in [3.8, 4) is 0 Å². The van der Waals surface area contributed by atoms with Gasteiger partial charge in [0.05, 0.1) is 12.4 Å². The lowest BCUT2D eigenvalue weighted by Gasteiger charge is -2.10. The molecule has 0 unspecified atom stereocenters. The molecule has 1 amide bonds. The summed E-state index contributed by atoms with van der Waals surface area (Å²) in [5.74, 6) is 0.284. The Hall–Kier alpha value is -2.92. The van der Waals surface area contributed by atoms with E-state index in [0.717, 1.165) is 16.8 Å². The van der Waals surface area contributed by atoms with Gasteiger partial charge in [-0.15, -0.1) is 0 Å². The fraction of sp³-hybridized carbons (Fsp3) is 0.105. The number of benzene rings is 2. The van der Waals surface area contributed by atoms with E-state index in [-0.39, 0.29) is 11.6 Å². The predicted molar refractivity (Wildman–Crippen MR) is 99.1 cm³/mol. The minimum atomic E-state index is -0.262. The van der Waals surface area contributed by atoms with Crippen LogP contribution in [0.15, 0.2) is 60.9 Å². The maximum atomic E-state index is 12.1. The number of amides is 1. The maximum absolute atomic E-state index is 12.1. The Kier molecular flexibility index (Phi) is 5.26. The van der Waals surface area contributed by atoms with Crippen molar-refractivity contribution in [2.75, 3.05) is 5.32 Å². The van der Waals surface area contributed by atoms with E-state index in [4.69, 9.17) is 11.6 Å². The number of rotatable bonds is 5. The Morgan fingerprint density at radius 1 is 1.04 bits per heavy atom. The summed E-state index contributed by atoms with van der Waals surface area (Å²) in [5, 5.41) is 6.64. The van der Waals surface area contributed by atoms with Gasteiger partial charge in [0, 0.05) is 17.3 Å². The quantitative estimate of drug-likeness (QED) is 0.725. The van der Waals surface area contributed by atoms with Crippen molar-refractivity contribution in [3.63, 3.8) is 0 Å². The molecular formula is C19H17ClN4O. The van der Waals surface area contributed by atoms with Crippen LogP contribution in [0.25, 0.3) is 0 Å². The zero-order valence-corrected chi connectivity index (χ0v) is 14.4. The topological polar surface area (TPSA) is 66.9 Å². The van der Waals surface area contributed by atoms with Crippen molar-refractivity contribution in [2.45, 2.75) is 13.5 Å². The van der Waals surface area contributed by atoms with Crippen molar-refractivity contribution in [2.24, 2.45) is 0 Å². The molecule has 3 rings (SSSR count). The number of carbonyl (C=O) groups is 1. The van der Waals surface area contributed by atoms with E-state index in [0.29, 0.717) is 17.4 Å². The van der Waals surface area contributed by atoms with Gasteiger partial charge in [-0.1, -0.05) is 48.0 Å². The normalized spacial score (nSPS) is 10.3. The smallest absolute Gasteiger partial charge is 0.271 e. The van der Waals surface area contributed by atoms with Gasteiger partial charge < -0.3 is 10.6 Å². The predicted octanol–water partition coefficient (Wildman–Crippen LogP) is 4.11. The molecule has 2 aromatic carbocycles. The number of hydrogen-bond donors (Lipinski definition) is 2. The fourth-order valence-electron chi connectivity index (χ4n) is 2.26. The van der Waals surface area contributed by atoms with Gasteiger partial charge in [-0.25, -0.2) is 9.97 Å². The van der Waals surface area contributed by atoms with Crippen molar-refractivity contribution < 1.29 is 4.79 Å². The fourth-order valence-corrected chi connectivity index (χ4v) is 2.43. The van der Waals surface area contributed by atoms with Crippen LogP contribution in [0.3, 0.4) is 0 Å². The average molecular weight is 353 g/mol. The van der Waals surface area contributed by atoms with Crippen LogP contribution in [0.4, 0.5) is 11.5 Å². The highest BCUT2D eigenvalue weighted by molar-refractivity contribution is 6.31. The molecule has 0 aliphatic heterocycles. The number of hydrogen-bond acceptors (Lipinski definition) is 4. The molecule has 0 aliphatic rings. The molecular weight excluding hydrogens is 336 g/mol. The monoisotopic (exact) mass is 352 g/mol. The number of halogens is 1. The van der Waals surface area contributed by atoms with Crippen molar-refractivity contribution in [1.82, 2.24) is 15.3 Å². The summed E-state index contributed by atoms with van der Waals surface area (Å²) in [6, 6.07) is 15.3. The highest BCUT2D eigenvalue weighted by Gasteiger charge is 2.09. The van der Waals surface area contributed by atoms with Crippen LogP contribution in [0, 0.1) is 6.92 Å². The molecule has 5 nitrogen and oxygen atoms in total. The third-order valence-electron chi connectivity index (χ3n) is 3.71. The largest absolute Gasteiger partial charge is 0.347 e. The first-order valence-electron chi connectivity index (χ1n) is 7.80. The van der Waals surface area contributed by atoms with Gasteiger partial charge in [0.1, 0.15) is 11.5 Å². The van der Waals surface area contributed by atoms with E-state index in [9.17, 15) is 4.79 Å². The molecule has 126 valence electrons. The second-order valence-electron chi connectivity index (χ2n) is 5.49. The van der Waals surface area contributed by atoms with Crippen molar-refractivity contribution in [3.05, 3.63) is 82.8 Å². The van der Waals surface area contributed by atoms with E-state index >= 15 is 0 Å². The summed E-state index contributed by atoms with van der Waals surface area (Å²) >= 11 is 6.10. The molecule has 1 aromatic heterocycles. The highest BCUT2D eigenvalue weighted by atomic mass is 35.5. The molecule has 0 atom stereocenters. The lowest BCUT2D eigenvalue weighted by Crippen LogP contribution is -2.24. The Labute approximate surface area is 151 Å². The molecule has 0 bridgehead atoms. The number of aromatic nitrogens is 2.